The van der Waals surface area contributed by atoms with Crippen LogP contribution in [0.1, 0.15) is 35.9 Å². The van der Waals surface area contributed by atoms with E-state index in [2.05, 4.69) is 25.0 Å². The lowest BCUT2D eigenvalue weighted by Crippen LogP contribution is -2.35. The minimum atomic E-state index is -0.343. The highest BCUT2D eigenvalue weighted by atomic mass is 16.5. The second-order valence-electron chi connectivity index (χ2n) is 7.80. The van der Waals surface area contributed by atoms with Crippen LogP contribution in [0, 0.1) is 5.92 Å². The van der Waals surface area contributed by atoms with Gasteiger partial charge in [0.05, 0.1) is 12.2 Å². The second kappa shape index (κ2) is 8.78. The Kier molecular flexibility index (Phi) is 5.53. The highest BCUT2D eigenvalue weighted by Gasteiger charge is 2.23. The van der Waals surface area contributed by atoms with Crippen LogP contribution in [0.25, 0.3) is 22.6 Å². The van der Waals surface area contributed by atoms with Crippen LogP contribution in [0.15, 0.2) is 51.8 Å². The molecule has 4 aromatic rings. The smallest absolute Gasteiger partial charge is 0.339 e. The minimum absolute atomic E-state index is 0.343. The van der Waals surface area contributed by atoms with Gasteiger partial charge in [0, 0.05) is 43.5 Å². The van der Waals surface area contributed by atoms with Gasteiger partial charge in [-0.25, -0.2) is 9.78 Å². The summed E-state index contributed by atoms with van der Waals surface area (Å²) >= 11 is 0. The maximum Gasteiger partial charge on any atom is 0.339 e. The summed E-state index contributed by atoms with van der Waals surface area (Å²) in [5.41, 5.74) is 1.21. The predicted octanol–water partition coefficient (Wildman–Crippen LogP) is 3.91. The zero-order valence-electron chi connectivity index (χ0n) is 17.7. The van der Waals surface area contributed by atoms with E-state index in [1.54, 1.807) is 31.6 Å². The Labute approximate surface area is 184 Å². The summed E-state index contributed by atoms with van der Waals surface area (Å²) in [4.78, 5) is 27.1. The third kappa shape index (κ3) is 4.18. The number of pyridine rings is 2. The van der Waals surface area contributed by atoms with Crippen LogP contribution in [-0.2, 0) is 11.2 Å². The van der Waals surface area contributed by atoms with Crippen LogP contribution >= 0.6 is 0 Å². The topological polar surface area (TPSA) is 107 Å². The van der Waals surface area contributed by atoms with Crippen LogP contribution in [0.2, 0.25) is 0 Å². The summed E-state index contributed by atoms with van der Waals surface area (Å²) < 4.78 is 16.2. The number of anilines is 1. The second-order valence-corrected chi connectivity index (χ2v) is 7.80. The van der Waals surface area contributed by atoms with E-state index in [0.29, 0.717) is 35.6 Å². The fraction of sp³-hybridized carbons (Fsp3) is 0.348. The molecule has 5 heterocycles. The molecule has 0 bridgehead atoms. The lowest BCUT2D eigenvalue weighted by Gasteiger charge is -2.32. The summed E-state index contributed by atoms with van der Waals surface area (Å²) in [5, 5.41) is 5.05. The maximum atomic E-state index is 11.8. The molecule has 0 unspecified atom stereocenters. The Hall–Kier alpha value is -3.75. The number of nitrogens with zero attached hydrogens (tertiary/aromatic N) is 5. The molecule has 0 aliphatic carbocycles. The first kappa shape index (κ1) is 20.2. The van der Waals surface area contributed by atoms with Gasteiger partial charge in [0.1, 0.15) is 11.4 Å². The number of furan rings is 1. The molecule has 1 aliphatic rings. The molecule has 0 atom stereocenters. The Morgan fingerprint density at radius 3 is 2.84 bits per heavy atom. The molecule has 5 rings (SSSR count). The molecule has 32 heavy (non-hydrogen) atoms. The summed E-state index contributed by atoms with van der Waals surface area (Å²) in [7, 11) is 0. The number of piperidine rings is 1. The normalized spacial score (nSPS) is 14.7. The van der Waals surface area contributed by atoms with Gasteiger partial charge in [0.25, 0.3) is 5.89 Å². The van der Waals surface area contributed by atoms with Gasteiger partial charge in [0.2, 0.25) is 0 Å². The molecule has 0 radical (unpaired) electrons. The van der Waals surface area contributed by atoms with Crippen LogP contribution in [0.5, 0.6) is 0 Å². The van der Waals surface area contributed by atoms with E-state index in [-0.39, 0.29) is 5.97 Å². The standard InChI is InChI=1S/C23H23N5O4/c1-2-30-23(29)16-3-4-21(25-14-16)28-9-6-15(7-10-28)11-20-26-22(32-27-20)19-12-17-13-24-8-5-18(17)31-19/h3-5,8,12-15H,2,6-7,9-11H2,1H3. The first-order valence-corrected chi connectivity index (χ1v) is 10.7. The van der Waals surface area contributed by atoms with Gasteiger partial charge in [-0.15, -0.1) is 0 Å². The molecule has 164 valence electrons. The van der Waals surface area contributed by atoms with E-state index < -0.39 is 0 Å². The number of hydrogen-bond donors (Lipinski definition) is 0. The Morgan fingerprint density at radius 1 is 1.22 bits per heavy atom. The Balaban J connectivity index is 1.17. The van der Waals surface area contributed by atoms with Crippen molar-refractivity contribution in [1.29, 1.82) is 0 Å². The summed E-state index contributed by atoms with van der Waals surface area (Å²) in [6.07, 6.45) is 7.77. The van der Waals surface area contributed by atoms with E-state index in [0.717, 1.165) is 49.1 Å². The zero-order valence-corrected chi connectivity index (χ0v) is 17.7. The SMILES string of the molecule is CCOC(=O)c1ccc(N2CCC(Cc3noc(-c4cc5cnccc5o4)n3)CC2)nc1. The highest BCUT2D eigenvalue weighted by molar-refractivity contribution is 5.89. The first-order chi connectivity index (χ1) is 15.7. The van der Waals surface area contributed by atoms with Crippen molar-refractivity contribution in [2.75, 3.05) is 24.6 Å². The van der Waals surface area contributed by atoms with Crippen molar-refractivity contribution in [3.05, 3.63) is 54.2 Å². The summed E-state index contributed by atoms with van der Waals surface area (Å²) in [6.45, 7) is 3.91. The van der Waals surface area contributed by atoms with E-state index in [4.69, 9.17) is 13.7 Å². The molecule has 4 aromatic heterocycles. The number of rotatable bonds is 6. The quantitative estimate of drug-likeness (QED) is 0.418. The third-order valence-corrected chi connectivity index (χ3v) is 5.66. The molecule has 9 nitrogen and oxygen atoms in total. The van der Waals surface area contributed by atoms with Gasteiger partial charge < -0.3 is 18.6 Å². The predicted molar refractivity (Wildman–Crippen MR) is 116 cm³/mol. The van der Waals surface area contributed by atoms with Gasteiger partial charge in [-0.1, -0.05) is 5.16 Å². The maximum absolute atomic E-state index is 11.8. The van der Waals surface area contributed by atoms with Crippen molar-refractivity contribution in [1.82, 2.24) is 20.1 Å². The third-order valence-electron chi connectivity index (χ3n) is 5.66. The number of fused-ring (bicyclic) bond motifs is 1. The molecular formula is C23H23N5O4. The summed E-state index contributed by atoms with van der Waals surface area (Å²) in [6, 6.07) is 7.31. The number of ether oxygens (including phenoxy) is 1. The largest absolute Gasteiger partial charge is 0.462 e. The monoisotopic (exact) mass is 433 g/mol. The zero-order chi connectivity index (χ0) is 21.9. The van der Waals surface area contributed by atoms with E-state index in [1.807, 2.05) is 18.2 Å². The van der Waals surface area contributed by atoms with E-state index >= 15 is 0 Å². The molecule has 0 aromatic carbocycles. The number of carbonyl (C=O) groups is 1. The Bertz CT molecular complexity index is 1180. The molecule has 0 spiro atoms. The van der Waals surface area contributed by atoms with Crippen molar-refractivity contribution in [2.45, 2.75) is 26.2 Å². The molecule has 0 saturated carbocycles. The van der Waals surface area contributed by atoms with Gasteiger partial charge >= 0.3 is 5.97 Å². The van der Waals surface area contributed by atoms with Crippen molar-refractivity contribution in [2.24, 2.45) is 5.92 Å². The number of carbonyl (C=O) groups excluding carboxylic acids is 1. The average Bonchev–Trinajstić information content (AvgIpc) is 3.47. The highest BCUT2D eigenvalue weighted by Crippen LogP contribution is 2.28. The van der Waals surface area contributed by atoms with Crippen molar-refractivity contribution in [3.63, 3.8) is 0 Å². The Morgan fingerprint density at radius 2 is 2.09 bits per heavy atom. The van der Waals surface area contributed by atoms with Gasteiger partial charge in [0.15, 0.2) is 11.6 Å². The summed E-state index contributed by atoms with van der Waals surface area (Å²) in [5.74, 6) is 2.63. The van der Waals surface area contributed by atoms with Crippen molar-refractivity contribution in [3.8, 4) is 11.7 Å². The van der Waals surface area contributed by atoms with Gasteiger partial charge in [-0.3, -0.25) is 4.98 Å². The molecule has 1 saturated heterocycles. The number of hydrogen-bond acceptors (Lipinski definition) is 9. The van der Waals surface area contributed by atoms with Crippen LogP contribution in [0.3, 0.4) is 0 Å². The average molecular weight is 433 g/mol. The van der Waals surface area contributed by atoms with Crippen molar-refractivity contribution < 1.29 is 18.5 Å². The number of esters is 1. The van der Waals surface area contributed by atoms with Gasteiger partial charge in [-0.2, -0.15) is 4.98 Å². The lowest BCUT2D eigenvalue weighted by atomic mass is 9.93. The van der Waals surface area contributed by atoms with Crippen LogP contribution < -0.4 is 4.90 Å². The van der Waals surface area contributed by atoms with Gasteiger partial charge in [-0.05, 0) is 49.9 Å². The van der Waals surface area contributed by atoms with E-state index in [1.165, 1.54) is 0 Å². The number of aromatic nitrogens is 4. The molecular weight excluding hydrogens is 410 g/mol. The van der Waals surface area contributed by atoms with Crippen LogP contribution in [-0.4, -0.2) is 45.8 Å². The molecule has 0 N–H and O–H groups in total. The van der Waals surface area contributed by atoms with Crippen LogP contribution in [0.4, 0.5) is 5.82 Å². The lowest BCUT2D eigenvalue weighted by molar-refractivity contribution is 0.0526. The minimum Gasteiger partial charge on any atom is -0.462 e. The fourth-order valence-electron chi connectivity index (χ4n) is 3.96. The molecule has 0 amide bonds. The van der Waals surface area contributed by atoms with E-state index in [9.17, 15) is 4.79 Å². The first-order valence-electron chi connectivity index (χ1n) is 10.7. The molecule has 9 heteroatoms. The fourth-order valence-corrected chi connectivity index (χ4v) is 3.96. The molecule has 1 aliphatic heterocycles. The molecule has 1 fully saturated rings. The van der Waals surface area contributed by atoms with Crippen molar-refractivity contribution >= 4 is 22.8 Å².